The smallest absolute Gasteiger partial charge is 0.266 e. The van der Waals surface area contributed by atoms with Gasteiger partial charge in [0.15, 0.2) is 0 Å². The van der Waals surface area contributed by atoms with Crippen LogP contribution in [-0.4, -0.2) is 5.78 Å². The second-order valence-corrected chi connectivity index (χ2v) is 8.57. The Morgan fingerprint density at radius 2 is 1.12 bits per heavy atom. The maximum absolute atomic E-state index is 12.3. The molecule has 0 bridgehead atoms. The summed E-state index contributed by atoms with van der Waals surface area (Å²) in [6.07, 6.45) is 17.5. The van der Waals surface area contributed by atoms with Crippen LogP contribution in [0.2, 0.25) is 0 Å². The SMILES string of the molecule is O=C1CCC(C2CCC(C=CC3CCC(C=C(F)F)CC3)CC2)CC1. The Bertz CT molecular complexity index is 480. The first-order chi connectivity index (χ1) is 12.1. The number of hydrogen-bond acceptors (Lipinski definition) is 1. The largest absolute Gasteiger partial charge is 0.300 e. The standard InChI is InChI=1S/C22H32F2O/c23-22(24)15-18-5-3-16(4-6-18)1-2-17-7-9-19(10-8-17)20-11-13-21(25)14-12-20/h1-2,15-20H,3-14H2. The molecule has 3 heteroatoms. The lowest BCUT2D eigenvalue weighted by Gasteiger charge is -2.35. The fraction of sp³-hybridized carbons (Fsp3) is 0.773. The predicted molar refractivity (Wildman–Crippen MR) is 97.3 cm³/mol. The zero-order valence-corrected chi connectivity index (χ0v) is 15.3. The number of Topliss-reactive ketones (excluding diaryl/α,β-unsaturated/α-hetero) is 1. The normalized spacial score (nSPS) is 35.0. The summed E-state index contributed by atoms with van der Waals surface area (Å²) in [5.74, 6) is 3.49. The molecule has 0 atom stereocenters. The average molecular weight is 350 g/mol. The van der Waals surface area contributed by atoms with Crippen LogP contribution in [0.25, 0.3) is 0 Å². The molecule has 0 unspecified atom stereocenters. The van der Waals surface area contributed by atoms with Crippen LogP contribution >= 0.6 is 0 Å². The predicted octanol–water partition coefficient (Wildman–Crippen LogP) is 6.70. The van der Waals surface area contributed by atoms with E-state index in [2.05, 4.69) is 12.2 Å². The van der Waals surface area contributed by atoms with E-state index in [1.165, 1.54) is 25.7 Å². The summed E-state index contributed by atoms with van der Waals surface area (Å²) in [4.78, 5) is 11.4. The van der Waals surface area contributed by atoms with Crippen molar-refractivity contribution in [3.63, 3.8) is 0 Å². The highest BCUT2D eigenvalue weighted by molar-refractivity contribution is 5.79. The second-order valence-electron chi connectivity index (χ2n) is 8.57. The minimum Gasteiger partial charge on any atom is -0.300 e. The van der Waals surface area contributed by atoms with Crippen molar-refractivity contribution in [2.24, 2.45) is 29.6 Å². The van der Waals surface area contributed by atoms with Crippen LogP contribution in [0.5, 0.6) is 0 Å². The Kier molecular flexibility index (Phi) is 6.84. The Balaban J connectivity index is 1.37. The van der Waals surface area contributed by atoms with Crippen molar-refractivity contribution >= 4 is 5.78 Å². The molecule has 0 radical (unpaired) electrons. The van der Waals surface area contributed by atoms with Crippen LogP contribution in [-0.2, 0) is 4.79 Å². The zero-order chi connectivity index (χ0) is 17.6. The Morgan fingerprint density at radius 3 is 1.64 bits per heavy atom. The summed E-state index contributed by atoms with van der Waals surface area (Å²) >= 11 is 0. The third-order valence-corrected chi connectivity index (χ3v) is 6.90. The third-order valence-electron chi connectivity index (χ3n) is 6.90. The molecule has 140 valence electrons. The van der Waals surface area contributed by atoms with Gasteiger partial charge in [0.2, 0.25) is 0 Å². The van der Waals surface area contributed by atoms with E-state index >= 15 is 0 Å². The molecule has 0 aromatic heterocycles. The number of allylic oxidation sites excluding steroid dienone is 3. The van der Waals surface area contributed by atoms with Crippen molar-refractivity contribution in [3.8, 4) is 0 Å². The van der Waals surface area contributed by atoms with E-state index in [4.69, 9.17) is 0 Å². The maximum atomic E-state index is 12.3. The van der Waals surface area contributed by atoms with Gasteiger partial charge < -0.3 is 0 Å². The molecule has 0 aromatic rings. The van der Waals surface area contributed by atoms with Gasteiger partial charge in [-0.1, -0.05) is 12.2 Å². The highest BCUT2D eigenvalue weighted by atomic mass is 19.3. The van der Waals surface area contributed by atoms with E-state index in [0.29, 0.717) is 17.6 Å². The molecule has 0 aromatic carbocycles. The molecule has 3 saturated carbocycles. The Labute approximate surface area is 150 Å². The van der Waals surface area contributed by atoms with E-state index in [9.17, 15) is 13.6 Å². The van der Waals surface area contributed by atoms with Crippen LogP contribution in [0, 0.1) is 29.6 Å². The molecule has 3 fully saturated rings. The van der Waals surface area contributed by atoms with Gasteiger partial charge in [-0.15, -0.1) is 0 Å². The van der Waals surface area contributed by atoms with E-state index < -0.39 is 6.08 Å². The van der Waals surface area contributed by atoms with Crippen LogP contribution in [0.15, 0.2) is 24.3 Å². The summed E-state index contributed by atoms with van der Waals surface area (Å²) in [6.45, 7) is 0. The molecule has 0 aliphatic heterocycles. The second kappa shape index (κ2) is 9.09. The molecular formula is C22H32F2O. The summed E-state index contributed by atoms with van der Waals surface area (Å²) in [5.41, 5.74) is 0. The van der Waals surface area contributed by atoms with Gasteiger partial charge in [0.25, 0.3) is 6.08 Å². The molecule has 1 nitrogen and oxygen atoms in total. The van der Waals surface area contributed by atoms with Gasteiger partial charge in [0, 0.05) is 12.8 Å². The van der Waals surface area contributed by atoms with Crippen LogP contribution < -0.4 is 0 Å². The van der Waals surface area contributed by atoms with Crippen molar-refractivity contribution in [2.45, 2.75) is 77.0 Å². The highest BCUT2D eigenvalue weighted by Gasteiger charge is 2.29. The Morgan fingerprint density at radius 1 is 0.680 bits per heavy atom. The van der Waals surface area contributed by atoms with Gasteiger partial charge in [-0.2, -0.15) is 8.78 Å². The summed E-state index contributed by atoms with van der Waals surface area (Å²) < 4.78 is 24.6. The number of rotatable bonds is 4. The monoisotopic (exact) mass is 350 g/mol. The van der Waals surface area contributed by atoms with Gasteiger partial charge in [0.05, 0.1) is 0 Å². The van der Waals surface area contributed by atoms with Crippen LogP contribution in [0.3, 0.4) is 0 Å². The fourth-order valence-electron chi connectivity index (χ4n) is 5.24. The number of carbonyl (C=O) groups is 1. The fourth-order valence-corrected chi connectivity index (χ4v) is 5.24. The maximum Gasteiger partial charge on any atom is 0.266 e. The minimum absolute atomic E-state index is 0.0902. The van der Waals surface area contributed by atoms with Gasteiger partial charge in [-0.25, -0.2) is 0 Å². The lowest BCUT2D eigenvalue weighted by atomic mass is 9.70. The number of ketones is 1. The number of hydrogen-bond donors (Lipinski definition) is 0. The quantitative estimate of drug-likeness (QED) is 0.516. The lowest BCUT2D eigenvalue weighted by molar-refractivity contribution is -0.121. The minimum atomic E-state index is -1.52. The molecule has 3 aliphatic carbocycles. The molecule has 0 amide bonds. The van der Waals surface area contributed by atoms with Gasteiger partial charge >= 0.3 is 0 Å². The molecule has 3 aliphatic rings. The van der Waals surface area contributed by atoms with Crippen molar-refractivity contribution < 1.29 is 13.6 Å². The van der Waals surface area contributed by atoms with Crippen LogP contribution in [0.1, 0.15) is 77.0 Å². The molecule has 25 heavy (non-hydrogen) atoms. The number of carbonyl (C=O) groups excluding carboxylic acids is 1. The Hall–Kier alpha value is -0.990. The molecular weight excluding hydrogens is 318 g/mol. The first-order valence-electron chi connectivity index (χ1n) is 10.3. The summed E-state index contributed by atoms with van der Waals surface area (Å²) in [7, 11) is 0. The molecule has 0 saturated heterocycles. The first-order valence-corrected chi connectivity index (χ1v) is 10.3. The van der Waals surface area contributed by atoms with Crippen molar-refractivity contribution in [1.29, 1.82) is 0 Å². The van der Waals surface area contributed by atoms with Crippen molar-refractivity contribution in [2.75, 3.05) is 0 Å². The van der Waals surface area contributed by atoms with Gasteiger partial charge in [-0.3, -0.25) is 4.79 Å². The van der Waals surface area contributed by atoms with E-state index in [0.717, 1.165) is 69.3 Å². The van der Waals surface area contributed by atoms with Gasteiger partial charge in [-0.05, 0) is 99.9 Å². The first kappa shape index (κ1) is 18.8. The van der Waals surface area contributed by atoms with Crippen molar-refractivity contribution in [1.82, 2.24) is 0 Å². The molecule has 3 rings (SSSR count). The topological polar surface area (TPSA) is 17.1 Å². The number of halogens is 2. The van der Waals surface area contributed by atoms with E-state index in [-0.39, 0.29) is 5.92 Å². The van der Waals surface area contributed by atoms with Crippen molar-refractivity contribution in [3.05, 3.63) is 24.3 Å². The summed E-state index contributed by atoms with van der Waals surface area (Å²) in [6, 6.07) is 0. The third kappa shape index (κ3) is 5.76. The zero-order valence-electron chi connectivity index (χ0n) is 15.3. The average Bonchev–Trinajstić information content (AvgIpc) is 2.62. The van der Waals surface area contributed by atoms with E-state index in [1.54, 1.807) is 0 Å². The molecule has 0 N–H and O–H groups in total. The molecule has 0 spiro atoms. The highest BCUT2D eigenvalue weighted by Crippen LogP contribution is 2.40. The molecule has 0 heterocycles. The van der Waals surface area contributed by atoms with Gasteiger partial charge in [0.1, 0.15) is 5.78 Å². The van der Waals surface area contributed by atoms with E-state index in [1.807, 2.05) is 0 Å². The summed E-state index contributed by atoms with van der Waals surface area (Å²) in [5, 5.41) is 0. The van der Waals surface area contributed by atoms with Crippen LogP contribution in [0.4, 0.5) is 8.78 Å². The lowest BCUT2D eigenvalue weighted by Crippen LogP contribution is -2.25.